The average Bonchev–Trinajstić information content (AvgIpc) is 3.28. The SMILES string of the molecule is COc1ccc2c3c([nH]c2c1)[C@H](CO)N(C(=O)NC(C)C)CC31CCN(C(=O)c2ccccn2)CC1. The van der Waals surface area contributed by atoms with Crippen LogP contribution in [0.2, 0.25) is 0 Å². The lowest BCUT2D eigenvalue weighted by Crippen LogP contribution is -2.58. The molecule has 36 heavy (non-hydrogen) atoms. The number of aromatic amines is 1. The first-order valence-corrected chi connectivity index (χ1v) is 12.5. The summed E-state index contributed by atoms with van der Waals surface area (Å²) in [7, 11) is 1.63. The number of fused-ring (bicyclic) bond motifs is 4. The van der Waals surface area contributed by atoms with Gasteiger partial charge in [0, 0.05) is 60.0 Å². The zero-order valence-electron chi connectivity index (χ0n) is 21.0. The number of H-pyrrole nitrogens is 1. The Morgan fingerprint density at radius 1 is 1.25 bits per heavy atom. The number of likely N-dealkylation sites (tertiary alicyclic amines) is 1. The molecular formula is C27H33N5O4. The summed E-state index contributed by atoms with van der Waals surface area (Å²) in [6, 6.07) is 10.6. The number of benzene rings is 1. The van der Waals surface area contributed by atoms with Crippen molar-refractivity contribution in [3.63, 3.8) is 0 Å². The molecule has 1 fully saturated rings. The Balaban J connectivity index is 1.55. The van der Waals surface area contributed by atoms with E-state index in [-0.39, 0.29) is 30.0 Å². The molecule has 9 heteroatoms. The van der Waals surface area contributed by atoms with Crippen LogP contribution < -0.4 is 10.1 Å². The van der Waals surface area contributed by atoms with Gasteiger partial charge in [-0.25, -0.2) is 4.79 Å². The number of hydrogen-bond acceptors (Lipinski definition) is 5. The lowest BCUT2D eigenvalue weighted by molar-refractivity contribution is 0.0520. The Bertz CT molecular complexity index is 1260. The third-order valence-electron chi connectivity index (χ3n) is 7.49. The standard InChI is InChI=1S/C27H33N5O4/c1-17(2)29-26(35)32-16-27(9-12-31(13-10-27)25(34)20-6-4-5-11-28-20)23-19-8-7-18(36-3)14-21(19)30-24(23)22(32)15-33/h4-8,11,14,17,22,30,33H,9-10,12-13,15-16H2,1-3H3,(H,29,35)/t22-/m0/s1. The van der Waals surface area contributed by atoms with E-state index in [2.05, 4.69) is 21.4 Å². The number of ether oxygens (including phenoxy) is 1. The lowest BCUT2D eigenvalue weighted by Gasteiger charge is -2.50. The second kappa shape index (κ2) is 9.46. The summed E-state index contributed by atoms with van der Waals surface area (Å²) in [5, 5.41) is 14.5. The number of methoxy groups -OCH3 is 1. The molecule has 0 saturated carbocycles. The van der Waals surface area contributed by atoms with Gasteiger partial charge in [-0.1, -0.05) is 6.07 Å². The molecule has 1 saturated heterocycles. The van der Waals surface area contributed by atoms with E-state index >= 15 is 0 Å². The number of urea groups is 1. The highest BCUT2D eigenvalue weighted by atomic mass is 16.5. The van der Waals surface area contributed by atoms with E-state index in [1.807, 2.05) is 36.9 Å². The number of rotatable bonds is 4. The molecule has 3 amide bonds. The molecule has 1 atom stereocenters. The number of amides is 3. The maximum atomic E-state index is 13.3. The smallest absolute Gasteiger partial charge is 0.318 e. The van der Waals surface area contributed by atoms with Crippen molar-refractivity contribution >= 4 is 22.8 Å². The van der Waals surface area contributed by atoms with Crippen LogP contribution in [0.25, 0.3) is 10.9 Å². The molecule has 3 aromatic rings. The van der Waals surface area contributed by atoms with Gasteiger partial charge in [-0.05, 0) is 56.5 Å². The highest BCUT2D eigenvalue weighted by Crippen LogP contribution is 2.49. The van der Waals surface area contributed by atoms with Crippen molar-refractivity contribution in [2.24, 2.45) is 0 Å². The number of pyridine rings is 1. The maximum Gasteiger partial charge on any atom is 0.318 e. The number of nitrogens with zero attached hydrogens (tertiary/aromatic N) is 3. The van der Waals surface area contributed by atoms with E-state index in [1.54, 1.807) is 30.3 Å². The summed E-state index contributed by atoms with van der Waals surface area (Å²) in [6.45, 7) is 5.24. The summed E-state index contributed by atoms with van der Waals surface area (Å²) < 4.78 is 5.44. The zero-order valence-corrected chi connectivity index (χ0v) is 21.0. The van der Waals surface area contributed by atoms with Crippen molar-refractivity contribution in [3.8, 4) is 5.75 Å². The number of carbonyl (C=O) groups excluding carboxylic acids is 2. The predicted octanol–water partition coefficient (Wildman–Crippen LogP) is 3.21. The molecule has 0 aliphatic carbocycles. The van der Waals surface area contributed by atoms with Crippen LogP contribution in [-0.4, -0.2) is 76.2 Å². The average molecular weight is 492 g/mol. The Kier molecular flexibility index (Phi) is 6.34. The number of aliphatic hydroxyl groups excluding tert-OH is 1. The Morgan fingerprint density at radius 3 is 2.67 bits per heavy atom. The summed E-state index contributed by atoms with van der Waals surface area (Å²) >= 11 is 0. The van der Waals surface area contributed by atoms with E-state index in [4.69, 9.17) is 4.74 Å². The van der Waals surface area contributed by atoms with Crippen molar-refractivity contribution in [2.45, 2.75) is 44.2 Å². The molecule has 190 valence electrons. The van der Waals surface area contributed by atoms with Gasteiger partial charge in [-0.2, -0.15) is 0 Å². The van der Waals surface area contributed by atoms with Gasteiger partial charge in [-0.3, -0.25) is 9.78 Å². The largest absolute Gasteiger partial charge is 0.497 e. The van der Waals surface area contributed by atoms with Crippen LogP contribution in [0.3, 0.4) is 0 Å². The van der Waals surface area contributed by atoms with E-state index in [0.29, 0.717) is 38.2 Å². The molecule has 3 N–H and O–H groups in total. The molecule has 0 bridgehead atoms. The van der Waals surface area contributed by atoms with Gasteiger partial charge in [-0.15, -0.1) is 0 Å². The molecular weight excluding hydrogens is 458 g/mol. The lowest BCUT2D eigenvalue weighted by atomic mass is 9.68. The van der Waals surface area contributed by atoms with Crippen LogP contribution in [0.4, 0.5) is 4.79 Å². The fourth-order valence-corrected chi connectivity index (χ4v) is 5.75. The van der Waals surface area contributed by atoms with Crippen molar-refractivity contribution in [1.29, 1.82) is 0 Å². The van der Waals surface area contributed by atoms with Gasteiger partial charge in [0.15, 0.2) is 0 Å². The van der Waals surface area contributed by atoms with E-state index < -0.39 is 6.04 Å². The third kappa shape index (κ3) is 4.07. The molecule has 9 nitrogen and oxygen atoms in total. The van der Waals surface area contributed by atoms with Gasteiger partial charge in [0.2, 0.25) is 0 Å². The van der Waals surface area contributed by atoms with E-state index in [9.17, 15) is 14.7 Å². The van der Waals surface area contributed by atoms with Crippen LogP contribution in [0.15, 0.2) is 42.6 Å². The summed E-state index contributed by atoms with van der Waals surface area (Å²) in [6.07, 6.45) is 3.02. The molecule has 5 rings (SSSR count). The van der Waals surface area contributed by atoms with Crippen LogP contribution in [-0.2, 0) is 5.41 Å². The Hall–Kier alpha value is -3.59. The topological polar surface area (TPSA) is 111 Å². The summed E-state index contributed by atoms with van der Waals surface area (Å²) in [5.74, 6) is 0.661. The third-order valence-corrected chi connectivity index (χ3v) is 7.49. The zero-order chi connectivity index (χ0) is 25.4. The summed E-state index contributed by atoms with van der Waals surface area (Å²) in [4.78, 5) is 37.7. The molecule has 1 spiro atoms. The van der Waals surface area contributed by atoms with Gasteiger partial charge < -0.3 is 29.9 Å². The number of aromatic nitrogens is 2. The van der Waals surface area contributed by atoms with Gasteiger partial charge >= 0.3 is 6.03 Å². The molecule has 4 heterocycles. The highest BCUT2D eigenvalue weighted by Gasteiger charge is 2.49. The minimum atomic E-state index is -0.490. The molecule has 2 aliphatic rings. The minimum absolute atomic E-state index is 0.0287. The van der Waals surface area contributed by atoms with Crippen molar-refractivity contribution in [1.82, 2.24) is 25.1 Å². The number of nitrogens with one attached hydrogen (secondary N) is 2. The van der Waals surface area contributed by atoms with Crippen LogP contribution in [0.1, 0.15) is 54.5 Å². The maximum absolute atomic E-state index is 13.3. The monoisotopic (exact) mass is 491 g/mol. The Labute approximate surface area is 210 Å². The second-order valence-corrected chi connectivity index (χ2v) is 10.0. The minimum Gasteiger partial charge on any atom is -0.497 e. The predicted molar refractivity (Wildman–Crippen MR) is 136 cm³/mol. The van der Waals surface area contributed by atoms with Crippen LogP contribution >= 0.6 is 0 Å². The van der Waals surface area contributed by atoms with Crippen LogP contribution in [0, 0.1) is 0 Å². The first kappa shape index (κ1) is 24.1. The van der Waals surface area contributed by atoms with Gasteiger partial charge in [0.1, 0.15) is 11.4 Å². The first-order chi connectivity index (χ1) is 17.4. The molecule has 0 unspecified atom stereocenters. The van der Waals surface area contributed by atoms with Crippen molar-refractivity contribution < 1.29 is 19.4 Å². The number of piperidine rings is 1. The highest BCUT2D eigenvalue weighted by molar-refractivity contribution is 5.92. The molecule has 0 radical (unpaired) electrons. The number of aliphatic hydroxyl groups is 1. The van der Waals surface area contributed by atoms with Crippen LogP contribution in [0.5, 0.6) is 5.75 Å². The van der Waals surface area contributed by atoms with E-state index in [1.165, 1.54) is 0 Å². The first-order valence-electron chi connectivity index (χ1n) is 12.5. The van der Waals surface area contributed by atoms with Crippen molar-refractivity contribution in [2.75, 3.05) is 33.4 Å². The van der Waals surface area contributed by atoms with Gasteiger partial charge in [0.25, 0.3) is 5.91 Å². The van der Waals surface area contributed by atoms with E-state index in [0.717, 1.165) is 27.9 Å². The normalized spacial score (nSPS) is 19.0. The molecule has 2 aromatic heterocycles. The molecule has 2 aliphatic heterocycles. The number of hydrogen-bond donors (Lipinski definition) is 3. The van der Waals surface area contributed by atoms with Crippen molar-refractivity contribution in [3.05, 3.63) is 59.5 Å². The van der Waals surface area contributed by atoms with Gasteiger partial charge in [0.05, 0.1) is 19.8 Å². The fraction of sp³-hybridized carbons (Fsp3) is 0.444. The summed E-state index contributed by atoms with van der Waals surface area (Å²) in [5.41, 5.74) is 2.99. The Morgan fingerprint density at radius 2 is 2.03 bits per heavy atom. The quantitative estimate of drug-likeness (QED) is 0.519. The second-order valence-electron chi connectivity index (χ2n) is 10.0. The molecule has 1 aromatic carbocycles. The fourth-order valence-electron chi connectivity index (χ4n) is 5.75. The number of carbonyl (C=O) groups is 2.